The molecule has 5 nitrogen and oxygen atoms in total. The molecule has 1 aliphatic carbocycles. The number of carboxylic acid groups (broad SMARTS) is 2. The van der Waals surface area contributed by atoms with Crippen LogP contribution in [0.15, 0.2) is 18.2 Å². The van der Waals surface area contributed by atoms with E-state index < -0.39 is 22.8 Å². The maximum absolute atomic E-state index is 11.2. The van der Waals surface area contributed by atoms with Crippen molar-refractivity contribution in [2.45, 2.75) is 104 Å². The van der Waals surface area contributed by atoms with E-state index in [9.17, 15) is 19.8 Å². The lowest BCUT2D eigenvalue weighted by atomic mass is 9.87. The third-order valence-electron chi connectivity index (χ3n) is 6.94. The average Bonchev–Trinajstić information content (AvgIpc) is 3.50. The molecule has 0 aromatic heterocycles. The Labute approximate surface area is 186 Å². The predicted octanol–water partition coefficient (Wildman–Crippen LogP) is 6.35. The first-order valence-corrected chi connectivity index (χ1v) is 11.9. The zero-order chi connectivity index (χ0) is 22.9. The number of carbonyl (C=O) groups is 2. The van der Waals surface area contributed by atoms with Crippen LogP contribution in [0.25, 0.3) is 0 Å². The molecule has 1 aromatic rings. The van der Waals surface area contributed by atoms with E-state index in [0.717, 1.165) is 94.6 Å². The molecule has 0 saturated heterocycles. The minimum absolute atomic E-state index is 0.404. The lowest BCUT2D eigenvalue weighted by molar-refractivity contribution is -0.147. The Morgan fingerprint density at radius 3 is 1.87 bits per heavy atom. The van der Waals surface area contributed by atoms with Gasteiger partial charge < -0.3 is 15.3 Å². The van der Waals surface area contributed by atoms with E-state index in [1.807, 2.05) is 18.2 Å². The summed E-state index contributed by atoms with van der Waals surface area (Å²) in [5.41, 5.74) is 0.951. The Balaban J connectivity index is 1.62. The highest BCUT2D eigenvalue weighted by molar-refractivity contribution is 5.77. The lowest BCUT2D eigenvalue weighted by Crippen LogP contribution is -2.23. The second-order valence-electron chi connectivity index (χ2n) is 10.0. The number of hydrogen-bond acceptors (Lipinski definition) is 3. The standard InChI is InChI=1S/C26H40O5/c1-25(2,23(28)29)16-9-5-3-7-12-20-14-11-15-21(22(20)27)13-8-4-6-10-17-26(18-19-26)24(30)31/h11,14-15,27H,3-10,12-13,16-19H2,1-2H3,(H,28,29)(H,30,31). The van der Waals surface area contributed by atoms with Crippen molar-refractivity contribution in [3.8, 4) is 5.75 Å². The smallest absolute Gasteiger partial charge is 0.309 e. The summed E-state index contributed by atoms with van der Waals surface area (Å²) < 4.78 is 0. The van der Waals surface area contributed by atoms with Gasteiger partial charge in [0.2, 0.25) is 0 Å². The molecule has 1 fully saturated rings. The quantitative estimate of drug-likeness (QED) is 0.264. The first-order valence-electron chi connectivity index (χ1n) is 11.9. The van der Waals surface area contributed by atoms with Gasteiger partial charge in [-0.1, -0.05) is 56.7 Å². The van der Waals surface area contributed by atoms with Gasteiger partial charge in [-0.3, -0.25) is 9.59 Å². The van der Waals surface area contributed by atoms with Gasteiger partial charge in [0.15, 0.2) is 0 Å². The van der Waals surface area contributed by atoms with Crippen molar-refractivity contribution in [1.82, 2.24) is 0 Å². The van der Waals surface area contributed by atoms with Gasteiger partial charge in [-0.05, 0) is 76.3 Å². The lowest BCUT2D eigenvalue weighted by Gasteiger charge is -2.18. The van der Waals surface area contributed by atoms with Gasteiger partial charge in [0.1, 0.15) is 5.75 Å². The van der Waals surface area contributed by atoms with Crippen LogP contribution >= 0.6 is 0 Å². The van der Waals surface area contributed by atoms with Gasteiger partial charge in [-0.15, -0.1) is 0 Å². The Hall–Kier alpha value is -2.04. The summed E-state index contributed by atoms with van der Waals surface area (Å²) in [6, 6.07) is 6.01. The van der Waals surface area contributed by atoms with Crippen LogP contribution in [0.2, 0.25) is 0 Å². The zero-order valence-corrected chi connectivity index (χ0v) is 19.3. The van der Waals surface area contributed by atoms with Crippen LogP contribution in [0.3, 0.4) is 0 Å². The molecule has 0 radical (unpaired) electrons. The molecular formula is C26H40O5. The van der Waals surface area contributed by atoms with E-state index >= 15 is 0 Å². The number of para-hydroxylation sites is 1. The second kappa shape index (κ2) is 11.5. The van der Waals surface area contributed by atoms with Crippen molar-refractivity contribution in [2.75, 3.05) is 0 Å². The molecule has 0 heterocycles. The van der Waals surface area contributed by atoms with Gasteiger partial charge in [0, 0.05) is 0 Å². The molecule has 0 atom stereocenters. The number of hydrogen-bond donors (Lipinski definition) is 3. The second-order valence-corrected chi connectivity index (χ2v) is 10.0. The molecule has 2 rings (SSSR count). The van der Waals surface area contributed by atoms with E-state index in [1.54, 1.807) is 13.8 Å². The van der Waals surface area contributed by atoms with Crippen molar-refractivity contribution in [2.24, 2.45) is 10.8 Å². The van der Waals surface area contributed by atoms with E-state index in [4.69, 9.17) is 5.11 Å². The van der Waals surface area contributed by atoms with E-state index in [0.29, 0.717) is 12.2 Å². The molecule has 0 aliphatic heterocycles. The minimum atomic E-state index is -0.735. The van der Waals surface area contributed by atoms with Gasteiger partial charge in [-0.2, -0.15) is 0 Å². The highest BCUT2D eigenvalue weighted by atomic mass is 16.4. The Morgan fingerprint density at radius 2 is 1.39 bits per heavy atom. The molecule has 0 amide bonds. The fourth-order valence-corrected chi connectivity index (χ4v) is 4.24. The minimum Gasteiger partial charge on any atom is -0.507 e. The molecular weight excluding hydrogens is 392 g/mol. The fourth-order valence-electron chi connectivity index (χ4n) is 4.24. The molecule has 0 unspecified atom stereocenters. The third-order valence-corrected chi connectivity index (χ3v) is 6.94. The topological polar surface area (TPSA) is 94.8 Å². The number of carboxylic acids is 2. The highest BCUT2D eigenvalue weighted by Crippen LogP contribution is 2.50. The van der Waals surface area contributed by atoms with Crippen LogP contribution in [0, 0.1) is 10.8 Å². The van der Waals surface area contributed by atoms with Crippen LogP contribution in [0.1, 0.15) is 102 Å². The maximum Gasteiger partial charge on any atom is 0.309 e. The van der Waals surface area contributed by atoms with Gasteiger partial charge in [0.25, 0.3) is 0 Å². The molecule has 31 heavy (non-hydrogen) atoms. The molecule has 174 valence electrons. The van der Waals surface area contributed by atoms with Crippen LogP contribution in [0.4, 0.5) is 0 Å². The Kier molecular flexibility index (Phi) is 9.39. The Morgan fingerprint density at radius 1 is 0.871 bits per heavy atom. The number of rotatable bonds is 16. The third kappa shape index (κ3) is 7.86. The van der Waals surface area contributed by atoms with E-state index in [2.05, 4.69) is 0 Å². The summed E-state index contributed by atoms with van der Waals surface area (Å²) in [5, 5.41) is 29.0. The number of unbranched alkanes of at least 4 members (excludes halogenated alkanes) is 6. The molecule has 3 N–H and O–H groups in total. The van der Waals surface area contributed by atoms with Gasteiger partial charge >= 0.3 is 11.9 Å². The van der Waals surface area contributed by atoms with Crippen LogP contribution < -0.4 is 0 Å². The molecule has 5 heteroatoms. The first kappa shape index (κ1) is 25.2. The van der Waals surface area contributed by atoms with Crippen molar-refractivity contribution in [3.05, 3.63) is 29.3 Å². The molecule has 0 spiro atoms. The Bertz CT molecular complexity index is 687. The maximum atomic E-state index is 11.2. The van der Waals surface area contributed by atoms with Gasteiger partial charge in [0.05, 0.1) is 10.8 Å². The van der Waals surface area contributed by atoms with Crippen LogP contribution in [-0.2, 0) is 22.4 Å². The predicted molar refractivity (Wildman–Crippen MR) is 122 cm³/mol. The summed E-state index contributed by atoms with van der Waals surface area (Å²) in [4.78, 5) is 22.3. The number of phenolic OH excluding ortho intramolecular Hbond substituents is 1. The number of aliphatic carboxylic acids is 2. The zero-order valence-electron chi connectivity index (χ0n) is 19.3. The van der Waals surface area contributed by atoms with Crippen molar-refractivity contribution >= 4 is 11.9 Å². The number of benzene rings is 1. The summed E-state index contributed by atoms with van der Waals surface area (Å²) in [5.74, 6) is -0.933. The normalized spacial score (nSPS) is 15.0. The van der Waals surface area contributed by atoms with Crippen LogP contribution in [0.5, 0.6) is 5.75 Å². The number of aryl methyl sites for hydroxylation is 2. The number of phenols is 1. The monoisotopic (exact) mass is 432 g/mol. The van der Waals surface area contributed by atoms with Crippen molar-refractivity contribution in [1.29, 1.82) is 0 Å². The van der Waals surface area contributed by atoms with Crippen molar-refractivity contribution < 1.29 is 24.9 Å². The van der Waals surface area contributed by atoms with Crippen molar-refractivity contribution in [3.63, 3.8) is 0 Å². The fraction of sp³-hybridized carbons (Fsp3) is 0.692. The average molecular weight is 433 g/mol. The van der Waals surface area contributed by atoms with Gasteiger partial charge in [-0.25, -0.2) is 0 Å². The summed E-state index contributed by atoms with van der Waals surface area (Å²) in [7, 11) is 0. The molecule has 1 saturated carbocycles. The SMILES string of the molecule is CC(C)(CCCCCCc1cccc(CCCCCCC2(C(=O)O)CC2)c1O)C(=O)O. The van der Waals surface area contributed by atoms with Crippen LogP contribution in [-0.4, -0.2) is 27.3 Å². The number of aromatic hydroxyl groups is 1. The summed E-state index contributed by atoms with van der Waals surface area (Å²) in [6.45, 7) is 3.55. The van der Waals surface area contributed by atoms with E-state index in [-0.39, 0.29) is 0 Å². The summed E-state index contributed by atoms with van der Waals surface area (Å²) in [6.07, 6.45) is 12.9. The molecule has 0 bridgehead atoms. The molecule has 1 aromatic carbocycles. The largest absolute Gasteiger partial charge is 0.507 e. The molecule has 1 aliphatic rings. The summed E-state index contributed by atoms with van der Waals surface area (Å²) >= 11 is 0. The van der Waals surface area contributed by atoms with E-state index in [1.165, 1.54) is 0 Å². The first-order chi connectivity index (χ1) is 14.7. The highest BCUT2D eigenvalue weighted by Gasteiger charge is 2.49.